The van der Waals surface area contributed by atoms with Crippen molar-refractivity contribution in [2.24, 2.45) is 0 Å². The van der Waals surface area contributed by atoms with Crippen molar-refractivity contribution in [2.75, 3.05) is 6.61 Å². The lowest BCUT2D eigenvalue weighted by atomic mass is 9.99. The summed E-state index contributed by atoms with van der Waals surface area (Å²) < 4.78 is 5.67. The van der Waals surface area contributed by atoms with Crippen molar-refractivity contribution in [1.82, 2.24) is 0 Å². The number of alkyl halides is 1. The summed E-state index contributed by atoms with van der Waals surface area (Å²) in [4.78, 5) is 0.464. The average molecular weight is 297 g/mol. The molecule has 2 rings (SSSR count). The molecular weight excluding hydrogens is 276 g/mol. The topological polar surface area (TPSA) is 9.23 Å². The number of benzene rings is 1. The van der Waals surface area contributed by atoms with Crippen LogP contribution < -0.4 is 0 Å². The van der Waals surface area contributed by atoms with Crippen molar-refractivity contribution in [3.63, 3.8) is 0 Å². The molecule has 0 N–H and O–H groups in total. The van der Waals surface area contributed by atoms with Crippen molar-refractivity contribution in [3.05, 3.63) is 34.9 Å². The zero-order chi connectivity index (χ0) is 12.3. The molecule has 1 nitrogen and oxygen atoms in total. The second-order valence-electron chi connectivity index (χ2n) is 5.04. The van der Waals surface area contributed by atoms with Gasteiger partial charge in [0, 0.05) is 11.4 Å². The van der Waals surface area contributed by atoms with E-state index in [-0.39, 0.29) is 0 Å². The molecule has 94 valence electrons. The lowest BCUT2D eigenvalue weighted by Gasteiger charge is -2.16. The van der Waals surface area contributed by atoms with E-state index in [1.54, 1.807) is 0 Å². The second-order valence-corrected chi connectivity index (χ2v) is 6.15. The Bertz CT molecular complexity index is 369. The molecule has 0 amide bonds. The lowest BCUT2D eigenvalue weighted by Crippen LogP contribution is -2.06. The van der Waals surface area contributed by atoms with Crippen molar-refractivity contribution < 1.29 is 4.74 Å². The fourth-order valence-electron chi connectivity index (χ4n) is 2.46. The summed E-state index contributed by atoms with van der Waals surface area (Å²) >= 11 is 3.82. The predicted octanol–water partition coefficient (Wildman–Crippen LogP) is 4.70. The van der Waals surface area contributed by atoms with Gasteiger partial charge in [0.05, 0.1) is 6.10 Å². The molecule has 17 heavy (non-hydrogen) atoms. The van der Waals surface area contributed by atoms with E-state index in [0.29, 0.717) is 10.9 Å². The number of hydrogen-bond donors (Lipinski definition) is 0. The summed E-state index contributed by atoms with van der Waals surface area (Å²) in [7, 11) is 0. The Hall–Kier alpha value is -0.340. The molecule has 2 heteroatoms. The number of hydrogen-bond acceptors (Lipinski definition) is 1. The van der Waals surface area contributed by atoms with E-state index in [1.165, 1.54) is 36.0 Å². The number of halogens is 1. The third-order valence-electron chi connectivity index (χ3n) is 3.54. The summed E-state index contributed by atoms with van der Waals surface area (Å²) in [5, 5.41) is 0. The molecule has 0 aromatic heterocycles. The number of aryl methyl sites for hydroxylation is 2. The van der Waals surface area contributed by atoms with Gasteiger partial charge in [0.15, 0.2) is 0 Å². The van der Waals surface area contributed by atoms with Gasteiger partial charge in [-0.2, -0.15) is 0 Å². The summed E-state index contributed by atoms with van der Waals surface area (Å²) in [6.07, 6.45) is 5.31. The van der Waals surface area contributed by atoms with Crippen LogP contribution in [0.15, 0.2) is 18.2 Å². The quantitative estimate of drug-likeness (QED) is 0.732. The van der Waals surface area contributed by atoms with Crippen LogP contribution >= 0.6 is 15.9 Å². The van der Waals surface area contributed by atoms with Gasteiger partial charge >= 0.3 is 0 Å². The maximum Gasteiger partial charge on any atom is 0.0576 e. The van der Waals surface area contributed by atoms with Crippen LogP contribution in [0.1, 0.15) is 47.2 Å². The van der Waals surface area contributed by atoms with E-state index in [2.05, 4.69) is 48.0 Å². The van der Waals surface area contributed by atoms with Gasteiger partial charge in [-0.25, -0.2) is 0 Å². The zero-order valence-corrected chi connectivity index (χ0v) is 12.3. The molecule has 0 saturated carbocycles. The molecule has 1 aromatic carbocycles. The van der Waals surface area contributed by atoms with Crippen molar-refractivity contribution in [3.8, 4) is 0 Å². The van der Waals surface area contributed by atoms with Gasteiger partial charge in [-0.1, -0.05) is 39.7 Å². The average Bonchev–Trinajstić information content (AvgIpc) is 2.82. The van der Waals surface area contributed by atoms with Crippen LogP contribution in [-0.2, 0) is 4.74 Å². The maximum absolute atomic E-state index is 5.67. The summed E-state index contributed by atoms with van der Waals surface area (Å²) in [6.45, 7) is 5.30. The molecule has 1 saturated heterocycles. The van der Waals surface area contributed by atoms with E-state index < -0.39 is 0 Å². The lowest BCUT2D eigenvalue weighted by molar-refractivity contribution is 0.102. The first-order valence-electron chi connectivity index (χ1n) is 6.49. The third-order valence-corrected chi connectivity index (χ3v) is 4.49. The molecule has 1 aromatic rings. The van der Waals surface area contributed by atoms with Crippen LogP contribution in [0.25, 0.3) is 0 Å². The van der Waals surface area contributed by atoms with Crippen molar-refractivity contribution >= 4 is 15.9 Å². The van der Waals surface area contributed by atoms with Crippen LogP contribution in [-0.4, -0.2) is 12.7 Å². The fraction of sp³-hybridized carbons (Fsp3) is 0.600. The highest BCUT2D eigenvalue weighted by Crippen LogP contribution is 2.32. The first-order valence-corrected chi connectivity index (χ1v) is 7.41. The molecule has 2 unspecified atom stereocenters. The van der Waals surface area contributed by atoms with Crippen LogP contribution in [0.5, 0.6) is 0 Å². The highest BCUT2D eigenvalue weighted by atomic mass is 79.9. The van der Waals surface area contributed by atoms with Gasteiger partial charge in [0.25, 0.3) is 0 Å². The Kier molecular flexibility index (Phi) is 4.63. The van der Waals surface area contributed by atoms with Crippen LogP contribution in [0.4, 0.5) is 0 Å². The Balaban J connectivity index is 1.93. The maximum atomic E-state index is 5.67. The van der Waals surface area contributed by atoms with Crippen molar-refractivity contribution in [1.29, 1.82) is 0 Å². The van der Waals surface area contributed by atoms with Gasteiger partial charge in [-0.3, -0.25) is 0 Å². The highest BCUT2D eigenvalue weighted by Gasteiger charge is 2.18. The zero-order valence-electron chi connectivity index (χ0n) is 10.7. The standard InChI is InChI=1S/C15H21BrO/c1-11-5-6-12(2)14(10-11)15(16)8-7-13-4-3-9-17-13/h5-6,10,13,15H,3-4,7-9H2,1-2H3. The molecule has 0 bridgehead atoms. The van der Waals surface area contributed by atoms with Gasteiger partial charge in [-0.15, -0.1) is 0 Å². The molecule has 0 aliphatic carbocycles. The SMILES string of the molecule is Cc1ccc(C)c(C(Br)CCC2CCCO2)c1. The third kappa shape index (κ3) is 3.56. The van der Waals surface area contributed by atoms with Gasteiger partial charge < -0.3 is 4.74 Å². The van der Waals surface area contributed by atoms with Gasteiger partial charge in [0.1, 0.15) is 0 Å². The van der Waals surface area contributed by atoms with E-state index in [1.807, 2.05) is 0 Å². The van der Waals surface area contributed by atoms with E-state index in [9.17, 15) is 0 Å². The Morgan fingerprint density at radius 3 is 2.94 bits per heavy atom. The number of ether oxygens (including phenoxy) is 1. The highest BCUT2D eigenvalue weighted by molar-refractivity contribution is 9.09. The van der Waals surface area contributed by atoms with Crippen molar-refractivity contribution in [2.45, 2.75) is 50.5 Å². The van der Waals surface area contributed by atoms with E-state index in [4.69, 9.17) is 4.74 Å². The minimum Gasteiger partial charge on any atom is -0.378 e. The minimum absolute atomic E-state index is 0.464. The van der Waals surface area contributed by atoms with Gasteiger partial charge in [0.2, 0.25) is 0 Å². The summed E-state index contributed by atoms with van der Waals surface area (Å²) in [6, 6.07) is 6.69. The van der Waals surface area contributed by atoms with Gasteiger partial charge in [-0.05, 0) is 50.7 Å². The second kappa shape index (κ2) is 6.01. The Labute approximate surface area is 113 Å². The molecule has 1 heterocycles. The fourth-order valence-corrected chi connectivity index (χ4v) is 3.21. The monoisotopic (exact) mass is 296 g/mol. The normalized spacial score (nSPS) is 21.7. The Morgan fingerprint density at radius 2 is 2.24 bits per heavy atom. The first-order chi connectivity index (χ1) is 8.16. The molecular formula is C15H21BrO. The van der Waals surface area contributed by atoms with Crippen LogP contribution in [0.2, 0.25) is 0 Å². The predicted molar refractivity (Wildman–Crippen MR) is 75.8 cm³/mol. The van der Waals surface area contributed by atoms with E-state index in [0.717, 1.165) is 13.0 Å². The largest absolute Gasteiger partial charge is 0.378 e. The molecule has 0 radical (unpaired) electrons. The molecule has 1 aliphatic heterocycles. The Morgan fingerprint density at radius 1 is 1.41 bits per heavy atom. The smallest absolute Gasteiger partial charge is 0.0576 e. The van der Waals surface area contributed by atoms with Crippen LogP contribution in [0, 0.1) is 13.8 Å². The summed E-state index contributed by atoms with van der Waals surface area (Å²) in [5.41, 5.74) is 4.15. The van der Waals surface area contributed by atoms with E-state index >= 15 is 0 Å². The molecule has 2 atom stereocenters. The molecule has 1 aliphatic rings. The summed E-state index contributed by atoms with van der Waals surface area (Å²) in [5.74, 6) is 0. The first kappa shape index (κ1) is 13.1. The number of rotatable bonds is 4. The molecule has 0 spiro atoms. The minimum atomic E-state index is 0.464. The van der Waals surface area contributed by atoms with Crippen LogP contribution in [0.3, 0.4) is 0 Å². The molecule has 1 fully saturated rings.